The van der Waals surface area contributed by atoms with Crippen molar-refractivity contribution in [1.82, 2.24) is 15.0 Å². The highest BCUT2D eigenvalue weighted by atomic mass is 16.6. The predicted molar refractivity (Wildman–Crippen MR) is 101 cm³/mol. The van der Waals surface area contributed by atoms with Gasteiger partial charge in [0.2, 0.25) is 0 Å². The van der Waals surface area contributed by atoms with Crippen LogP contribution in [0.4, 0.5) is 10.5 Å². The molecule has 0 aliphatic rings. The molecule has 134 valence electrons. The number of hydrogen-bond donors (Lipinski definition) is 2. The largest absolute Gasteiger partial charge is 0.505 e. The third-order valence-corrected chi connectivity index (χ3v) is 3.92. The number of rotatable bonds is 3. The number of nitrogens with zero attached hydrogens (tertiary/aromatic N) is 3. The van der Waals surface area contributed by atoms with Crippen LogP contribution in [-0.4, -0.2) is 26.2 Å². The molecular weight excluding hydrogens is 344 g/mol. The van der Waals surface area contributed by atoms with Gasteiger partial charge in [0.05, 0.1) is 0 Å². The molecule has 1 aromatic heterocycles. The number of carbonyl (C=O) groups is 1. The van der Waals surface area contributed by atoms with E-state index in [2.05, 4.69) is 15.5 Å². The number of ether oxygens (including phenoxy) is 1. The summed E-state index contributed by atoms with van der Waals surface area (Å²) in [4.78, 5) is 13.4. The van der Waals surface area contributed by atoms with E-state index in [4.69, 9.17) is 4.74 Å². The second-order valence-corrected chi connectivity index (χ2v) is 6.01. The number of amides is 1. The second-order valence-electron chi connectivity index (χ2n) is 6.01. The molecule has 0 bridgehead atoms. The average Bonchev–Trinajstić information content (AvgIpc) is 3.05. The smallest absolute Gasteiger partial charge is 0.417 e. The number of hydrogen-bond acceptors (Lipinski definition) is 5. The van der Waals surface area contributed by atoms with Gasteiger partial charge in [-0.15, -0.1) is 15.0 Å². The lowest BCUT2D eigenvalue weighted by Gasteiger charge is -2.09. The van der Waals surface area contributed by atoms with E-state index in [0.717, 1.165) is 16.6 Å². The minimum Gasteiger partial charge on any atom is -0.505 e. The maximum absolute atomic E-state index is 12.0. The summed E-state index contributed by atoms with van der Waals surface area (Å²) < 4.78 is 5.23. The lowest BCUT2D eigenvalue weighted by molar-refractivity contribution is 0.215. The van der Waals surface area contributed by atoms with E-state index in [9.17, 15) is 9.90 Å². The van der Waals surface area contributed by atoms with Crippen LogP contribution >= 0.6 is 0 Å². The third kappa shape index (κ3) is 3.57. The van der Waals surface area contributed by atoms with Gasteiger partial charge in [-0.05, 0) is 48.9 Å². The Hall–Kier alpha value is -3.87. The van der Waals surface area contributed by atoms with E-state index in [1.807, 2.05) is 49.4 Å². The van der Waals surface area contributed by atoms with Crippen molar-refractivity contribution in [3.8, 4) is 17.2 Å². The third-order valence-electron chi connectivity index (χ3n) is 3.92. The fraction of sp³-hybridized carbons (Fsp3) is 0.0500. The number of benzene rings is 3. The van der Waals surface area contributed by atoms with Gasteiger partial charge < -0.3 is 9.84 Å². The van der Waals surface area contributed by atoms with E-state index in [1.54, 1.807) is 18.2 Å². The Balaban J connectivity index is 1.52. The van der Waals surface area contributed by atoms with Gasteiger partial charge in [0.1, 0.15) is 28.2 Å². The molecule has 0 saturated carbocycles. The Morgan fingerprint density at radius 3 is 2.41 bits per heavy atom. The van der Waals surface area contributed by atoms with Gasteiger partial charge in [-0.2, -0.15) is 0 Å². The van der Waals surface area contributed by atoms with Crippen molar-refractivity contribution in [2.24, 2.45) is 0 Å². The normalized spacial score (nSPS) is 10.7. The van der Waals surface area contributed by atoms with Gasteiger partial charge in [-0.25, -0.2) is 4.79 Å². The number of nitrogens with one attached hydrogen (secondary N) is 1. The molecule has 4 aromatic rings. The summed E-state index contributed by atoms with van der Waals surface area (Å²) in [6.45, 7) is 1.93. The van der Waals surface area contributed by atoms with E-state index < -0.39 is 6.09 Å². The topological polar surface area (TPSA) is 89.3 Å². The Morgan fingerprint density at radius 1 is 1.00 bits per heavy atom. The summed E-state index contributed by atoms with van der Waals surface area (Å²) in [5, 5.41) is 21.6. The summed E-state index contributed by atoms with van der Waals surface area (Å²) in [5.41, 5.74) is 3.48. The fourth-order valence-corrected chi connectivity index (χ4v) is 2.68. The summed E-state index contributed by atoms with van der Waals surface area (Å²) in [7, 11) is 0. The molecule has 1 amide bonds. The molecule has 0 spiro atoms. The number of anilines is 1. The number of fused-ring (bicyclic) bond motifs is 1. The molecule has 0 aliphatic carbocycles. The molecule has 27 heavy (non-hydrogen) atoms. The number of aromatic hydroxyl groups is 1. The zero-order chi connectivity index (χ0) is 18.8. The van der Waals surface area contributed by atoms with Crippen LogP contribution in [0.5, 0.6) is 11.5 Å². The van der Waals surface area contributed by atoms with Crippen molar-refractivity contribution >= 4 is 22.8 Å². The van der Waals surface area contributed by atoms with E-state index in [0.29, 0.717) is 11.4 Å². The van der Waals surface area contributed by atoms with Crippen LogP contribution in [0.2, 0.25) is 0 Å². The molecule has 0 unspecified atom stereocenters. The molecule has 0 aliphatic heterocycles. The molecule has 7 nitrogen and oxygen atoms in total. The van der Waals surface area contributed by atoms with Gasteiger partial charge in [0.15, 0.2) is 0 Å². The zero-order valence-electron chi connectivity index (χ0n) is 14.5. The van der Waals surface area contributed by atoms with Crippen LogP contribution in [0.1, 0.15) is 5.56 Å². The predicted octanol–water partition coefficient (Wildman–Crippen LogP) is 4.05. The highest BCUT2D eigenvalue weighted by Gasteiger charge is 2.12. The van der Waals surface area contributed by atoms with Crippen LogP contribution < -0.4 is 10.1 Å². The maximum atomic E-state index is 12.0. The van der Waals surface area contributed by atoms with Gasteiger partial charge in [-0.1, -0.05) is 24.3 Å². The minimum atomic E-state index is -0.643. The van der Waals surface area contributed by atoms with Crippen molar-refractivity contribution in [1.29, 1.82) is 0 Å². The second kappa shape index (κ2) is 6.80. The Bertz CT molecular complexity index is 1100. The van der Waals surface area contributed by atoms with Crippen molar-refractivity contribution in [3.63, 3.8) is 0 Å². The molecule has 0 fully saturated rings. The van der Waals surface area contributed by atoms with Gasteiger partial charge in [-0.3, -0.25) is 5.32 Å². The van der Waals surface area contributed by atoms with Crippen molar-refractivity contribution in [3.05, 3.63) is 72.3 Å². The van der Waals surface area contributed by atoms with E-state index >= 15 is 0 Å². The SMILES string of the molecule is Cc1cccc(NC(=O)Oc2ccc(-n3nc4ccccc4n3)c(O)c2)c1. The number of phenolic OH excluding ortho intramolecular Hbond substituents is 1. The van der Waals surface area contributed by atoms with E-state index in [-0.39, 0.29) is 11.5 Å². The summed E-state index contributed by atoms with van der Waals surface area (Å²) >= 11 is 0. The number of carbonyl (C=O) groups excluding carboxylic acids is 1. The Labute approximate surface area is 154 Å². The Morgan fingerprint density at radius 2 is 1.74 bits per heavy atom. The Kier molecular flexibility index (Phi) is 4.18. The fourth-order valence-electron chi connectivity index (χ4n) is 2.68. The molecule has 3 aromatic carbocycles. The van der Waals surface area contributed by atoms with Gasteiger partial charge >= 0.3 is 6.09 Å². The van der Waals surface area contributed by atoms with Gasteiger partial charge in [0.25, 0.3) is 0 Å². The lowest BCUT2D eigenvalue weighted by Crippen LogP contribution is -2.16. The van der Waals surface area contributed by atoms with Crippen LogP contribution in [0, 0.1) is 6.92 Å². The highest BCUT2D eigenvalue weighted by molar-refractivity contribution is 5.86. The standard InChI is InChI=1S/C20H16N4O3/c1-13-5-4-6-14(11-13)21-20(26)27-15-9-10-18(19(25)12-15)24-22-16-7-2-3-8-17(16)23-24/h2-12,25H,1H3,(H,21,26). The molecule has 0 radical (unpaired) electrons. The molecule has 4 rings (SSSR count). The molecule has 2 N–H and O–H groups in total. The average molecular weight is 360 g/mol. The number of phenols is 1. The van der Waals surface area contributed by atoms with E-state index in [1.165, 1.54) is 10.9 Å². The van der Waals surface area contributed by atoms with Crippen LogP contribution in [0.3, 0.4) is 0 Å². The first-order valence-corrected chi connectivity index (χ1v) is 8.29. The van der Waals surface area contributed by atoms with Crippen molar-refractivity contribution in [2.75, 3.05) is 5.32 Å². The number of aromatic nitrogens is 3. The van der Waals surface area contributed by atoms with Crippen LogP contribution in [0.25, 0.3) is 16.7 Å². The van der Waals surface area contributed by atoms with Crippen LogP contribution in [-0.2, 0) is 0 Å². The highest BCUT2D eigenvalue weighted by Crippen LogP contribution is 2.27. The molecule has 0 saturated heterocycles. The van der Waals surface area contributed by atoms with Crippen molar-refractivity contribution < 1.29 is 14.6 Å². The summed E-state index contributed by atoms with van der Waals surface area (Å²) in [5.74, 6) is 0.106. The van der Waals surface area contributed by atoms with Gasteiger partial charge in [0, 0.05) is 11.8 Å². The first-order valence-electron chi connectivity index (χ1n) is 8.29. The molecule has 7 heteroatoms. The monoisotopic (exact) mass is 360 g/mol. The first kappa shape index (κ1) is 16.6. The molecule has 1 heterocycles. The quantitative estimate of drug-likeness (QED) is 0.575. The summed E-state index contributed by atoms with van der Waals surface area (Å²) in [6, 6.07) is 19.3. The lowest BCUT2D eigenvalue weighted by atomic mass is 10.2. The minimum absolute atomic E-state index is 0.101. The van der Waals surface area contributed by atoms with Crippen LogP contribution in [0.15, 0.2) is 66.7 Å². The zero-order valence-corrected chi connectivity index (χ0v) is 14.5. The van der Waals surface area contributed by atoms with Crippen molar-refractivity contribution in [2.45, 2.75) is 6.92 Å². The maximum Gasteiger partial charge on any atom is 0.417 e. The summed E-state index contributed by atoms with van der Waals surface area (Å²) in [6.07, 6.45) is -0.643. The molecular formula is C20H16N4O3. The first-order chi connectivity index (χ1) is 13.1. The molecule has 0 atom stereocenters. The number of aryl methyl sites for hydroxylation is 1.